The smallest absolute Gasteiger partial charge is 0.317 e. The molecule has 1 unspecified atom stereocenters. The molecule has 1 aromatic rings. The summed E-state index contributed by atoms with van der Waals surface area (Å²) in [5.41, 5.74) is 1.05. The predicted molar refractivity (Wildman–Crippen MR) is 99.8 cm³/mol. The molecule has 0 aliphatic carbocycles. The SMILES string of the molecule is CCC1(CO)CCN(C(=O)NC(C)c2ccc(OC(C)C)cc2)CC1. The number of piperidine rings is 1. The maximum Gasteiger partial charge on any atom is 0.317 e. The number of carbonyl (C=O) groups is 1. The normalized spacial score (nSPS) is 18.1. The highest BCUT2D eigenvalue weighted by Crippen LogP contribution is 2.34. The van der Waals surface area contributed by atoms with Crippen LogP contribution in [0.4, 0.5) is 4.79 Å². The summed E-state index contributed by atoms with van der Waals surface area (Å²) in [6.45, 7) is 9.71. The van der Waals surface area contributed by atoms with Gasteiger partial charge < -0.3 is 20.1 Å². The molecule has 1 atom stereocenters. The van der Waals surface area contributed by atoms with Gasteiger partial charge in [-0.3, -0.25) is 0 Å². The zero-order valence-corrected chi connectivity index (χ0v) is 15.9. The maximum absolute atomic E-state index is 12.5. The van der Waals surface area contributed by atoms with Gasteiger partial charge in [0.05, 0.1) is 12.1 Å². The fourth-order valence-electron chi connectivity index (χ4n) is 3.27. The number of hydrogen-bond acceptors (Lipinski definition) is 3. The summed E-state index contributed by atoms with van der Waals surface area (Å²) in [4.78, 5) is 14.4. The van der Waals surface area contributed by atoms with Crippen molar-refractivity contribution in [2.24, 2.45) is 5.41 Å². The number of nitrogens with one attached hydrogen (secondary N) is 1. The van der Waals surface area contributed by atoms with Gasteiger partial charge in [-0.15, -0.1) is 0 Å². The van der Waals surface area contributed by atoms with Crippen LogP contribution in [0.15, 0.2) is 24.3 Å². The number of aliphatic hydroxyl groups excluding tert-OH is 1. The molecule has 1 heterocycles. The minimum Gasteiger partial charge on any atom is -0.491 e. The molecule has 5 heteroatoms. The van der Waals surface area contributed by atoms with Crippen molar-refractivity contribution < 1.29 is 14.6 Å². The van der Waals surface area contributed by atoms with E-state index in [4.69, 9.17) is 4.74 Å². The Balaban J connectivity index is 1.88. The molecule has 2 amide bonds. The quantitative estimate of drug-likeness (QED) is 0.823. The third-order valence-electron chi connectivity index (χ3n) is 5.29. The summed E-state index contributed by atoms with van der Waals surface area (Å²) in [5, 5.41) is 12.7. The number of carbonyl (C=O) groups excluding carboxylic acids is 1. The van der Waals surface area contributed by atoms with Crippen LogP contribution >= 0.6 is 0 Å². The molecular formula is C20H32N2O3. The fourth-order valence-corrected chi connectivity index (χ4v) is 3.27. The van der Waals surface area contributed by atoms with E-state index < -0.39 is 0 Å². The molecule has 0 bridgehead atoms. The van der Waals surface area contributed by atoms with Crippen LogP contribution in [0.25, 0.3) is 0 Å². The number of benzene rings is 1. The van der Waals surface area contributed by atoms with Crippen LogP contribution in [0, 0.1) is 5.41 Å². The average Bonchev–Trinajstić information content (AvgIpc) is 2.61. The highest BCUT2D eigenvalue weighted by atomic mass is 16.5. The molecule has 140 valence electrons. The maximum atomic E-state index is 12.5. The Morgan fingerprint density at radius 1 is 1.24 bits per heavy atom. The van der Waals surface area contributed by atoms with Crippen molar-refractivity contribution in [1.29, 1.82) is 0 Å². The molecular weight excluding hydrogens is 316 g/mol. The third-order valence-corrected chi connectivity index (χ3v) is 5.29. The standard InChI is InChI=1S/C20H32N2O3/c1-5-20(14-23)10-12-22(13-11-20)19(24)21-16(4)17-6-8-18(9-7-17)25-15(2)3/h6-9,15-16,23H,5,10-14H2,1-4H3,(H,21,24). The summed E-state index contributed by atoms with van der Waals surface area (Å²) in [6, 6.07) is 7.78. The van der Waals surface area contributed by atoms with Gasteiger partial charge in [0.1, 0.15) is 5.75 Å². The van der Waals surface area contributed by atoms with Crippen molar-refractivity contribution in [3.63, 3.8) is 0 Å². The number of rotatable bonds is 6. The average molecular weight is 348 g/mol. The second-order valence-electron chi connectivity index (χ2n) is 7.41. The summed E-state index contributed by atoms with van der Waals surface area (Å²) in [7, 11) is 0. The highest BCUT2D eigenvalue weighted by molar-refractivity contribution is 5.74. The number of aliphatic hydroxyl groups is 1. The molecule has 2 rings (SSSR count). The van der Waals surface area contributed by atoms with Gasteiger partial charge >= 0.3 is 6.03 Å². The molecule has 1 saturated heterocycles. The van der Waals surface area contributed by atoms with E-state index in [1.165, 1.54) is 0 Å². The van der Waals surface area contributed by atoms with Gasteiger partial charge in [-0.2, -0.15) is 0 Å². The van der Waals surface area contributed by atoms with Gasteiger partial charge in [0, 0.05) is 19.7 Å². The number of urea groups is 1. The van der Waals surface area contributed by atoms with Gasteiger partial charge in [-0.1, -0.05) is 19.1 Å². The molecule has 25 heavy (non-hydrogen) atoms. The molecule has 1 fully saturated rings. The first-order valence-electron chi connectivity index (χ1n) is 9.32. The molecule has 1 aliphatic rings. The number of ether oxygens (including phenoxy) is 1. The number of likely N-dealkylation sites (tertiary alicyclic amines) is 1. The Kier molecular flexibility index (Phi) is 6.71. The number of nitrogens with zero attached hydrogens (tertiary/aromatic N) is 1. The lowest BCUT2D eigenvalue weighted by molar-refractivity contribution is 0.0516. The topological polar surface area (TPSA) is 61.8 Å². The van der Waals surface area contributed by atoms with E-state index >= 15 is 0 Å². The van der Waals surface area contributed by atoms with Crippen LogP contribution in [-0.2, 0) is 0 Å². The van der Waals surface area contributed by atoms with Crippen LogP contribution in [0.2, 0.25) is 0 Å². The summed E-state index contributed by atoms with van der Waals surface area (Å²) >= 11 is 0. The first-order valence-corrected chi connectivity index (χ1v) is 9.32. The molecule has 2 N–H and O–H groups in total. The Morgan fingerprint density at radius 2 is 1.84 bits per heavy atom. The number of hydrogen-bond donors (Lipinski definition) is 2. The third kappa shape index (κ3) is 5.11. The molecule has 0 aromatic heterocycles. The summed E-state index contributed by atoms with van der Waals surface area (Å²) < 4.78 is 5.65. The van der Waals surface area contributed by atoms with Crippen molar-refractivity contribution in [2.45, 2.75) is 59.1 Å². The van der Waals surface area contributed by atoms with Crippen LogP contribution < -0.4 is 10.1 Å². The van der Waals surface area contributed by atoms with Crippen LogP contribution in [0.1, 0.15) is 58.6 Å². The lowest BCUT2D eigenvalue weighted by atomic mass is 9.77. The molecule has 0 radical (unpaired) electrons. The summed E-state index contributed by atoms with van der Waals surface area (Å²) in [5.74, 6) is 0.841. The van der Waals surface area contributed by atoms with E-state index in [2.05, 4.69) is 12.2 Å². The Bertz CT molecular complexity index is 543. The molecule has 1 aliphatic heterocycles. The lowest BCUT2D eigenvalue weighted by Crippen LogP contribution is -2.48. The van der Waals surface area contributed by atoms with Gasteiger partial charge in [0.25, 0.3) is 0 Å². The second kappa shape index (κ2) is 8.56. The Labute approximate surface area is 151 Å². The van der Waals surface area contributed by atoms with E-state index in [-0.39, 0.29) is 30.2 Å². The molecule has 5 nitrogen and oxygen atoms in total. The second-order valence-corrected chi connectivity index (χ2v) is 7.41. The van der Waals surface area contributed by atoms with Gasteiger partial charge in [-0.25, -0.2) is 4.79 Å². The lowest BCUT2D eigenvalue weighted by Gasteiger charge is -2.40. The van der Waals surface area contributed by atoms with Crippen LogP contribution in [0.5, 0.6) is 5.75 Å². The predicted octanol–water partition coefficient (Wildman–Crippen LogP) is 3.73. The molecule has 0 spiro atoms. The largest absolute Gasteiger partial charge is 0.491 e. The van der Waals surface area contributed by atoms with Crippen molar-refractivity contribution >= 4 is 6.03 Å². The minimum atomic E-state index is -0.0590. The van der Waals surface area contributed by atoms with Gasteiger partial charge in [0.15, 0.2) is 0 Å². The summed E-state index contributed by atoms with van der Waals surface area (Å²) in [6.07, 6.45) is 2.84. The van der Waals surface area contributed by atoms with E-state index in [0.29, 0.717) is 13.1 Å². The Morgan fingerprint density at radius 3 is 2.32 bits per heavy atom. The molecule has 0 saturated carbocycles. The zero-order valence-electron chi connectivity index (χ0n) is 15.9. The first-order chi connectivity index (χ1) is 11.9. The highest BCUT2D eigenvalue weighted by Gasteiger charge is 2.34. The van der Waals surface area contributed by atoms with E-state index in [1.54, 1.807) is 0 Å². The van der Waals surface area contributed by atoms with Gasteiger partial charge in [-0.05, 0) is 63.1 Å². The van der Waals surface area contributed by atoms with E-state index in [9.17, 15) is 9.90 Å². The van der Waals surface area contributed by atoms with Crippen molar-refractivity contribution in [3.05, 3.63) is 29.8 Å². The Hall–Kier alpha value is -1.75. The zero-order chi connectivity index (χ0) is 18.4. The molecule has 1 aromatic carbocycles. The first kappa shape index (κ1) is 19.6. The van der Waals surface area contributed by atoms with Crippen LogP contribution in [0.3, 0.4) is 0 Å². The monoisotopic (exact) mass is 348 g/mol. The fraction of sp³-hybridized carbons (Fsp3) is 0.650. The minimum absolute atomic E-state index is 0.00532. The van der Waals surface area contributed by atoms with E-state index in [1.807, 2.05) is 49.9 Å². The van der Waals surface area contributed by atoms with E-state index in [0.717, 1.165) is 30.6 Å². The van der Waals surface area contributed by atoms with Crippen molar-refractivity contribution in [3.8, 4) is 5.75 Å². The van der Waals surface area contributed by atoms with Gasteiger partial charge in [0.2, 0.25) is 0 Å². The van der Waals surface area contributed by atoms with Crippen LogP contribution in [-0.4, -0.2) is 41.8 Å². The van der Waals surface area contributed by atoms with Crippen molar-refractivity contribution in [1.82, 2.24) is 10.2 Å². The van der Waals surface area contributed by atoms with Crippen molar-refractivity contribution in [2.75, 3.05) is 19.7 Å². The number of amides is 2.